The first-order valence-electron chi connectivity index (χ1n) is 4.19. The van der Waals surface area contributed by atoms with Gasteiger partial charge in [0.1, 0.15) is 5.60 Å². The molecular weight excluding hydrogens is 150 g/mol. The first kappa shape index (κ1) is 9.20. The Bertz CT molecular complexity index is 229. The maximum atomic E-state index is 5.41. The van der Waals surface area contributed by atoms with Crippen LogP contribution in [0.25, 0.3) is 0 Å². The highest BCUT2D eigenvalue weighted by Crippen LogP contribution is 2.25. The van der Waals surface area contributed by atoms with Crippen LogP contribution in [-0.2, 0) is 10.3 Å². The molecule has 1 rings (SSSR count). The van der Waals surface area contributed by atoms with Crippen molar-refractivity contribution < 1.29 is 4.74 Å². The Balaban J connectivity index is 2.95. The molecule has 2 nitrogen and oxygen atoms in total. The van der Waals surface area contributed by atoms with Crippen molar-refractivity contribution in [3.8, 4) is 0 Å². The Morgan fingerprint density at radius 1 is 1.50 bits per heavy atom. The van der Waals surface area contributed by atoms with Crippen LogP contribution in [0.2, 0.25) is 0 Å². The lowest BCUT2D eigenvalue weighted by molar-refractivity contribution is -0.00504. The standard InChI is InChI=1S/C10H15NO/c1-4-10(2,12-3)9-7-5-6-8-11-9/h5-8H,4H2,1-3H3. The van der Waals surface area contributed by atoms with Gasteiger partial charge in [-0.2, -0.15) is 0 Å². The molecular formula is C10H15NO. The summed E-state index contributed by atoms with van der Waals surface area (Å²) in [5.74, 6) is 0. The molecule has 1 atom stereocenters. The lowest BCUT2D eigenvalue weighted by Crippen LogP contribution is -2.24. The van der Waals surface area contributed by atoms with Crippen molar-refractivity contribution >= 4 is 0 Å². The smallest absolute Gasteiger partial charge is 0.107 e. The van der Waals surface area contributed by atoms with E-state index in [1.54, 1.807) is 13.3 Å². The number of aromatic nitrogens is 1. The summed E-state index contributed by atoms with van der Waals surface area (Å²) in [6.45, 7) is 4.15. The number of hydrogen-bond donors (Lipinski definition) is 0. The highest BCUT2D eigenvalue weighted by molar-refractivity contribution is 5.11. The SMILES string of the molecule is CCC(C)(OC)c1ccccn1. The lowest BCUT2D eigenvalue weighted by atomic mass is 9.98. The van der Waals surface area contributed by atoms with Crippen LogP contribution in [0.15, 0.2) is 24.4 Å². The monoisotopic (exact) mass is 165 g/mol. The van der Waals surface area contributed by atoms with Crippen LogP contribution in [0.1, 0.15) is 26.0 Å². The largest absolute Gasteiger partial charge is 0.372 e. The zero-order valence-corrected chi connectivity index (χ0v) is 7.87. The Morgan fingerprint density at radius 3 is 2.67 bits per heavy atom. The molecule has 1 unspecified atom stereocenters. The second-order valence-electron chi connectivity index (χ2n) is 3.00. The summed E-state index contributed by atoms with van der Waals surface area (Å²) in [5.41, 5.74) is 0.761. The van der Waals surface area contributed by atoms with Crippen LogP contribution < -0.4 is 0 Å². The van der Waals surface area contributed by atoms with Crippen LogP contribution >= 0.6 is 0 Å². The molecule has 0 aliphatic carbocycles. The van der Waals surface area contributed by atoms with Crippen molar-refractivity contribution in [2.24, 2.45) is 0 Å². The maximum Gasteiger partial charge on any atom is 0.107 e. The fraction of sp³-hybridized carbons (Fsp3) is 0.500. The molecule has 0 aliphatic rings. The van der Waals surface area contributed by atoms with Gasteiger partial charge in [-0.15, -0.1) is 0 Å². The number of hydrogen-bond acceptors (Lipinski definition) is 2. The van der Waals surface area contributed by atoms with E-state index in [2.05, 4.69) is 18.8 Å². The molecule has 0 N–H and O–H groups in total. The van der Waals surface area contributed by atoms with Gasteiger partial charge < -0.3 is 4.74 Å². The van der Waals surface area contributed by atoms with Crippen molar-refractivity contribution in [3.63, 3.8) is 0 Å². The van der Waals surface area contributed by atoms with E-state index in [0.717, 1.165) is 12.1 Å². The highest BCUT2D eigenvalue weighted by Gasteiger charge is 2.24. The summed E-state index contributed by atoms with van der Waals surface area (Å²) < 4.78 is 5.41. The second-order valence-corrected chi connectivity index (χ2v) is 3.00. The predicted octanol–water partition coefficient (Wildman–Crippen LogP) is 2.35. The Kier molecular flexibility index (Phi) is 2.82. The molecule has 0 bridgehead atoms. The fourth-order valence-electron chi connectivity index (χ4n) is 1.11. The molecule has 0 aliphatic heterocycles. The van der Waals surface area contributed by atoms with Crippen molar-refractivity contribution in [1.82, 2.24) is 4.98 Å². The minimum atomic E-state index is -0.235. The van der Waals surface area contributed by atoms with Crippen molar-refractivity contribution in [2.75, 3.05) is 7.11 Å². The Morgan fingerprint density at radius 2 is 2.25 bits per heavy atom. The zero-order valence-electron chi connectivity index (χ0n) is 7.87. The predicted molar refractivity (Wildman–Crippen MR) is 48.9 cm³/mol. The molecule has 12 heavy (non-hydrogen) atoms. The molecule has 1 heterocycles. The zero-order chi connectivity index (χ0) is 9.03. The van der Waals surface area contributed by atoms with E-state index in [-0.39, 0.29) is 5.60 Å². The van der Waals surface area contributed by atoms with Crippen LogP contribution in [0.3, 0.4) is 0 Å². The summed E-state index contributed by atoms with van der Waals surface area (Å²) in [6.07, 6.45) is 2.72. The summed E-state index contributed by atoms with van der Waals surface area (Å²) in [5, 5.41) is 0. The number of ether oxygens (including phenoxy) is 1. The molecule has 0 spiro atoms. The minimum absolute atomic E-state index is 0.235. The number of nitrogens with zero attached hydrogens (tertiary/aromatic N) is 1. The third kappa shape index (κ3) is 1.64. The Labute approximate surface area is 73.6 Å². The summed E-state index contributed by atoms with van der Waals surface area (Å²) in [7, 11) is 1.72. The second kappa shape index (κ2) is 3.68. The van der Waals surface area contributed by atoms with E-state index in [9.17, 15) is 0 Å². The van der Waals surface area contributed by atoms with Crippen LogP contribution in [0.4, 0.5) is 0 Å². The highest BCUT2D eigenvalue weighted by atomic mass is 16.5. The molecule has 1 aromatic rings. The van der Waals surface area contributed by atoms with Crippen LogP contribution in [0.5, 0.6) is 0 Å². The van der Waals surface area contributed by atoms with Crippen molar-refractivity contribution in [3.05, 3.63) is 30.1 Å². The topological polar surface area (TPSA) is 22.1 Å². The van der Waals surface area contributed by atoms with E-state index >= 15 is 0 Å². The molecule has 0 fully saturated rings. The van der Waals surface area contributed by atoms with Gasteiger partial charge in [-0.05, 0) is 25.5 Å². The third-order valence-electron chi connectivity index (χ3n) is 2.33. The first-order valence-corrected chi connectivity index (χ1v) is 4.19. The van der Waals surface area contributed by atoms with E-state index in [0.29, 0.717) is 0 Å². The summed E-state index contributed by atoms with van der Waals surface area (Å²) in [4.78, 5) is 4.27. The molecule has 0 saturated heterocycles. The molecule has 0 radical (unpaired) electrons. The van der Waals surface area contributed by atoms with E-state index in [1.165, 1.54) is 0 Å². The van der Waals surface area contributed by atoms with Gasteiger partial charge in [0.2, 0.25) is 0 Å². The molecule has 66 valence electrons. The average molecular weight is 165 g/mol. The molecule has 0 amide bonds. The van der Waals surface area contributed by atoms with Gasteiger partial charge >= 0.3 is 0 Å². The first-order chi connectivity index (χ1) is 5.73. The third-order valence-corrected chi connectivity index (χ3v) is 2.33. The van der Waals surface area contributed by atoms with E-state index < -0.39 is 0 Å². The molecule has 1 aromatic heterocycles. The van der Waals surface area contributed by atoms with Gasteiger partial charge in [0.25, 0.3) is 0 Å². The van der Waals surface area contributed by atoms with Crippen molar-refractivity contribution in [2.45, 2.75) is 25.9 Å². The summed E-state index contributed by atoms with van der Waals surface area (Å²) in [6, 6.07) is 5.89. The quantitative estimate of drug-likeness (QED) is 0.686. The number of pyridine rings is 1. The molecule has 0 aromatic carbocycles. The van der Waals surface area contributed by atoms with Crippen LogP contribution in [0, 0.1) is 0 Å². The van der Waals surface area contributed by atoms with Gasteiger partial charge in [-0.1, -0.05) is 13.0 Å². The lowest BCUT2D eigenvalue weighted by Gasteiger charge is -2.25. The Hall–Kier alpha value is -0.890. The molecule has 0 saturated carbocycles. The van der Waals surface area contributed by atoms with E-state index in [4.69, 9.17) is 4.74 Å². The number of rotatable bonds is 3. The molecule has 2 heteroatoms. The normalized spacial score (nSPS) is 15.6. The van der Waals surface area contributed by atoms with Gasteiger partial charge in [-0.25, -0.2) is 0 Å². The van der Waals surface area contributed by atoms with Gasteiger partial charge in [0.05, 0.1) is 5.69 Å². The van der Waals surface area contributed by atoms with Gasteiger partial charge in [0.15, 0.2) is 0 Å². The van der Waals surface area contributed by atoms with Crippen LogP contribution in [-0.4, -0.2) is 12.1 Å². The van der Waals surface area contributed by atoms with Gasteiger partial charge in [-0.3, -0.25) is 4.98 Å². The fourth-order valence-corrected chi connectivity index (χ4v) is 1.11. The minimum Gasteiger partial charge on any atom is -0.372 e. The average Bonchev–Trinajstić information content (AvgIpc) is 2.18. The van der Waals surface area contributed by atoms with Gasteiger partial charge in [0, 0.05) is 13.3 Å². The van der Waals surface area contributed by atoms with E-state index in [1.807, 2.05) is 18.2 Å². The summed E-state index contributed by atoms with van der Waals surface area (Å²) >= 11 is 0. The number of methoxy groups -OCH3 is 1. The van der Waals surface area contributed by atoms with Crippen molar-refractivity contribution in [1.29, 1.82) is 0 Å². The maximum absolute atomic E-state index is 5.41.